The summed E-state index contributed by atoms with van der Waals surface area (Å²) >= 11 is 0. The minimum absolute atomic E-state index is 0.158. The van der Waals surface area contributed by atoms with Gasteiger partial charge < -0.3 is 13.6 Å². The number of ether oxygens (including phenoxy) is 1. The van der Waals surface area contributed by atoms with Gasteiger partial charge in [-0.25, -0.2) is 0 Å². The van der Waals surface area contributed by atoms with Crippen LogP contribution in [0, 0.1) is 5.92 Å². The molecule has 3 fully saturated rings. The molecule has 3 aliphatic rings. The average molecular weight is 399 g/mol. The first-order valence-electron chi connectivity index (χ1n) is 10.3. The van der Waals surface area contributed by atoms with Crippen molar-refractivity contribution in [3.05, 3.63) is 60.7 Å². The molecule has 0 spiro atoms. The van der Waals surface area contributed by atoms with Crippen LogP contribution in [0.1, 0.15) is 46.5 Å². The predicted molar refractivity (Wildman–Crippen MR) is 117 cm³/mol. The Balaban J connectivity index is 0.000000176. The molecule has 0 amide bonds. The molecule has 1 aliphatic carbocycles. The second-order valence-corrected chi connectivity index (χ2v) is 11.9. The molecule has 0 atom stereocenters. The molecule has 4 heteroatoms. The lowest BCUT2D eigenvalue weighted by molar-refractivity contribution is -0.229. The second-order valence-electron chi connectivity index (χ2n) is 8.69. The fourth-order valence-electron chi connectivity index (χ4n) is 4.78. The maximum absolute atomic E-state index is 6.06. The first-order chi connectivity index (χ1) is 13.4. The van der Waals surface area contributed by atoms with Crippen LogP contribution in [0.2, 0.25) is 0 Å². The van der Waals surface area contributed by atoms with Gasteiger partial charge in [0.25, 0.3) is 0 Å². The molecular weight excluding hydrogens is 364 g/mol. The number of fused-ring (bicyclic) bond motifs is 3. The molecule has 1 saturated carbocycles. The Labute approximate surface area is 171 Å². The van der Waals surface area contributed by atoms with E-state index in [0.29, 0.717) is 0 Å². The number of rotatable bonds is 4. The Morgan fingerprint density at radius 1 is 0.786 bits per heavy atom. The molecule has 2 aromatic rings. The standard InChI is InChI=1S/C14H16O2Si.C10H18O/c1-15-17(16-2,13-9-5-3-6-10-13)14-11-7-4-8-12-14;1-9(2)8-4-6-10(3,11-9)7-5-8/h3-12H,1-2H3;8H,4-7H2,1-3H3. The van der Waals surface area contributed by atoms with Gasteiger partial charge in [0.1, 0.15) is 0 Å². The highest BCUT2D eigenvalue weighted by atomic mass is 28.4. The third kappa shape index (κ3) is 4.25. The molecule has 0 aromatic heterocycles. The molecule has 28 heavy (non-hydrogen) atoms. The zero-order valence-corrected chi connectivity index (χ0v) is 18.9. The van der Waals surface area contributed by atoms with Crippen LogP contribution in [-0.4, -0.2) is 34.0 Å². The molecule has 0 N–H and O–H groups in total. The van der Waals surface area contributed by atoms with E-state index in [1.165, 1.54) is 25.7 Å². The maximum Gasteiger partial charge on any atom is 0.406 e. The van der Waals surface area contributed by atoms with E-state index in [9.17, 15) is 0 Å². The highest BCUT2D eigenvalue weighted by molar-refractivity contribution is 6.92. The van der Waals surface area contributed by atoms with Crippen LogP contribution >= 0.6 is 0 Å². The van der Waals surface area contributed by atoms with E-state index in [1.54, 1.807) is 14.2 Å². The summed E-state index contributed by atoms with van der Waals surface area (Å²) in [6.07, 6.45) is 5.31. The van der Waals surface area contributed by atoms with Gasteiger partial charge in [-0.1, -0.05) is 60.7 Å². The summed E-state index contributed by atoms with van der Waals surface area (Å²) < 4.78 is 17.6. The van der Waals surface area contributed by atoms with E-state index in [1.807, 2.05) is 36.4 Å². The predicted octanol–water partition coefficient (Wildman–Crippen LogP) is 4.28. The molecule has 0 unspecified atom stereocenters. The van der Waals surface area contributed by atoms with Gasteiger partial charge in [-0.05, 0) is 62.7 Å². The quantitative estimate of drug-likeness (QED) is 0.720. The number of benzene rings is 2. The lowest BCUT2D eigenvalue weighted by Gasteiger charge is -2.54. The van der Waals surface area contributed by atoms with E-state index >= 15 is 0 Å². The van der Waals surface area contributed by atoms with Crippen molar-refractivity contribution in [2.45, 2.75) is 57.7 Å². The highest BCUT2D eigenvalue weighted by Crippen LogP contribution is 2.49. The van der Waals surface area contributed by atoms with E-state index in [4.69, 9.17) is 13.6 Å². The Bertz CT molecular complexity index is 689. The Kier molecular flexibility index (Phi) is 6.45. The van der Waals surface area contributed by atoms with Gasteiger partial charge in [0.2, 0.25) is 0 Å². The van der Waals surface area contributed by atoms with Crippen molar-refractivity contribution in [1.82, 2.24) is 0 Å². The molecule has 0 radical (unpaired) electrons. The summed E-state index contributed by atoms with van der Waals surface area (Å²) in [6.45, 7) is 6.76. The topological polar surface area (TPSA) is 27.7 Å². The van der Waals surface area contributed by atoms with Gasteiger partial charge in [0.15, 0.2) is 0 Å². The fraction of sp³-hybridized carbons (Fsp3) is 0.500. The molecular formula is C24H34O3Si. The largest absolute Gasteiger partial charge is 0.406 e. The van der Waals surface area contributed by atoms with Gasteiger partial charge in [-0.2, -0.15) is 0 Å². The molecule has 152 valence electrons. The van der Waals surface area contributed by atoms with Gasteiger partial charge in [0, 0.05) is 14.2 Å². The van der Waals surface area contributed by atoms with Crippen molar-refractivity contribution < 1.29 is 13.6 Å². The molecule has 2 bridgehead atoms. The first kappa shape index (κ1) is 21.3. The van der Waals surface area contributed by atoms with E-state index in [2.05, 4.69) is 45.0 Å². The summed E-state index contributed by atoms with van der Waals surface area (Å²) in [7, 11) is 0.940. The Morgan fingerprint density at radius 2 is 1.21 bits per heavy atom. The lowest BCUT2D eigenvalue weighted by atomic mass is 9.69. The molecule has 2 heterocycles. The van der Waals surface area contributed by atoms with Gasteiger partial charge in [-0.3, -0.25) is 0 Å². The van der Waals surface area contributed by atoms with E-state index in [-0.39, 0.29) is 11.2 Å². The SMILES string of the molecule is CC12CCC(CC1)C(C)(C)O2.CO[Si](OC)(c1ccccc1)c1ccccc1. The van der Waals surface area contributed by atoms with E-state index < -0.39 is 8.56 Å². The van der Waals surface area contributed by atoms with Crippen molar-refractivity contribution in [3.8, 4) is 0 Å². The van der Waals surface area contributed by atoms with E-state index in [0.717, 1.165) is 16.3 Å². The summed E-state index contributed by atoms with van der Waals surface area (Å²) in [4.78, 5) is 0. The van der Waals surface area contributed by atoms with Crippen molar-refractivity contribution in [2.75, 3.05) is 14.2 Å². The average Bonchev–Trinajstić information content (AvgIpc) is 2.71. The van der Waals surface area contributed by atoms with Crippen molar-refractivity contribution in [3.63, 3.8) is 0 Å². The lowest BCUT2D eigenvalue weighted by Crippen LogP contribution is -2.62. The molecule has 5 rings (SSSR count). The van der Waals surface area contributed by atoms with Crippen LogP contribution in [0.15, 0.2) is 60.7 Å². The third-order valence-electron chi connectivity index (χ3n) is 6.42. The van der Waals surface area contributed by atoms with Crippen LogP contribution in [-0.2, 0) is 13.6 Å². The van der Waals surface area contributed by atoms with Crippen molar-refractivity contribution >= 4 is 18.9 Å². The smallest absolute Gasteiger partial charge is 0.391 e. The van der Waals surface area contributed by atoms with Gasteiger partial charge >= 0.3 is 8.56 Å². The van der Waals surface area contributed by atoms with Crippen LogP contribution in [0.4, 0.5) is 0 Å². The summed E-state index contributed by atoms with van der Waals surface area (Å²) in [5, 5.41) is 2.24. The third-order valence-corrected chi connectivity index (χ3v) is 9.76. The van der Waals surface area contributed by atoms with Crippen LogP contribution in [0.5, 0.6) is 0 Å². The second kappa shape index (κ2) is 8.50. The fourth-order valence-corrected chi connectivity index (χ4v) is 7.49. The normalized spacial score (nSPS) is 25.7. The Morgan fingerprint density at radius 3 is 1.50 bits per heavy atom. The molecule has 2 saturated heterocycles. The Hall–Kier alpha value is -1.46. The minimum Gasteiger partial charge on any atom is -0.391 e. The minimum atomic E-state index is -2.50. The molecule has 3 nitrogen and oxygen atoms in total. The van der Waals surface area contributed by atoms with Gasteiger partial charge in [-0.15, -0.1) is 0 Å². The van der Waals surface area contributed by atoms with Crippen molar-refractivity contribution in [1.29, 1.82) is 0 Å². The number of hydrogen-bond acceptors (Lipinski definition) is 3. The molecule has 2 aromatic carbocycles. The summed E-state index contributed by atoms with van der Waals surface area (Å²) in [5.74, 6) is 0.823. The van der Waals surface area contributed by atoms with Crippen molar-refractivity contribution in [2.24, 2.45) is 5.92 Å². The number of hydrogen-bond donors (Lipinski definition) is 0. The van der Waals surface area contributed by atoms with Gasteiger partial charge in [0.05, 0.1) is 11.2 Å². The molecule has 2 aliphatic heterocycles. The zero-order chi connectivity index (χ0) is 20.3. The van der Waals surface area contributed by atoms with Crippen LogP contribution in [0.3, 0.4) is 0 Å². The van der Waals surface area contributed by atoms with Crippen LogP contribution < -0.4 is 10.4 Å². The summed E-state index contributed by atoms with van der Waals surface area (Å²) in [5.41, 5.74) is 0.378. The first-order valence-corrected chi connectivity index (χ1v) is 12.1. The zero-order valence-electron chi connectivity index (χ0n) is 17.9. The van der Waals surface area contributed by atoms with Crippen LogP contribution in [0.25, 0.3) is 0 Å². The maximum atomic E-state index is 6.06. The monoisotopic (exact) mass is 398 g/mol. The summed E-state index contributed by atoms with van der Waals surface area (Å²) in [6, 6.07) is 20.3. The highest BCUT2D eigenvalue weighted by Gasteiger charge is 2.48.